The molecule has 1 saturated heterocycles. The maximum absolute atomic E-state index is 15.2. The van der Waals surface area contributed by atoms with Crippen molar-refractivity contribution in [3.63, 3.8) is 0 Å². The summed E-state index contributed by atoms with van der Waals surface area (Å²) in [6, 6.07) is 17.1. The Kier molecular flexibility index (Phi) is 14.2. The zero-order chi connectivity index (χ0) is 40.6. The smallest absolute Gasteiger partial charge is 0.363 e. The molecular formula is C38H46F4N6O7P+. The van der Waals surface area contributed by atoms with E-state index in [1.165, 1.54) is 19.1 Å². The average Bonchev–Trinajstić information content (AvgIpc) is 3.16. The summed E-state index contributed by atoms with van der Waals surface area (Å²) in [6.45, 7) is 6.28. The summed E-state index contributed by atoms with van der Waals surface area (Å²) >= 11 is 0. The van der Waals surface area contributed by atoms with Crippen LogP contribution in [-0.2, 0) is 34.9 Å². The first-order chi connectivity index (χ1) is 26.7. The van der Waals surface area contributed by atoms with Crippen molar-refractivity contribution < 1.29 is 36.4 Å². The number of nitrogens with zero attached hydrogens (tertiary/aromatic N) is 5. The second-order valence-electron chi connectivity index (χ2n) is 13.3. The third kappa shape index (κ3) is 10.3. The Labute approximate surface area is 321 Å². The quantitative estimate of drug-likeness (QED) is 0.0572. The highest BCUT2D eigenvalue weighted by molar-refractivity contribution is 7.60. The molecule has 1 fully saturated rings. The minimum atomic E-state index is -4.92. The Morgan fingerprint density at radius 3 is 2.21 bits per heavy atom. The molecule has 2 heterocycles. The van der Waals surface area contributed by atoms with Gasteiger partial charge in [-0.1, -0.05) is 48.5 Å². The van der Waals surface area contributed by atoms with E-state index in [1.54, 1.807) is 61.2 Å². The molecule has 1 aliphatic heterocycles. The molecule has 0 aliphatic carbocycles. The first kappa shape index (κ1) is 42.6. The molecule has 0 saturated carbocycles. The summed E-state index contributed by atoms with van der Waals surface area (Å²) in [5.74, 6) is -1.15. The zero-order valence-corrected chi connectivity index (χ0v) is 32.3. The summed E-state index contributed by atoms with van der Waals surface area (Å²) in [7, 11) is -3.22. The van der Waals surface area contributed by atoms with Crippen LogP contribution in [0, 0.1) is 22.9 Å². The Morgan fingerprint density at radius 2 is 1.59 bits per heavy atom. The van der Waals surface area contributed by atoms with Gasteiger partial charge in [-0.05, 0) is 44.0 Å². The van der Waals surface area contributed by atoms with Crippen LogP contribution in [0.3, 0.4) is 0 Å². The van der Waals surface area contributed by atoms with E-state index >= 15 is 4.39 Å². The number of rotatable bonds is 17. The molecule has 0 spiro atoms. The summed E-state index contributed by atoms with van der Waals surface area (Å²) in [5.41, 5.74) is -2.03. The minimum absolute atomic E-state index is 0.0349. The molecule has 302 valence electrons. The molecule has 4 aromatic rings. The molecule has 0 radical (unpaired) electrons. The molecule has 0 amide bonds. The Hall–Kier alpha value is -4.51. The van der Waals surface area contributed by atoms with Crippen LogP contribution in [0.1, 0.15) is 47.8 Å². The van der Waals surface area contributed by atoms with E-state index in [-0.39, 0.29) is 62.6 Å². The van der Waals surface area contributed by atoms with Crippen molar-refractivity contribution in [3.8, 4) is 0 Å². The van der Waals surface area contributed by atoms with Gasteiger partial charge in [-0.3, -0.25) is 28.9 Å². The monoisotopic (exact) mass is 805 g/mol. The minimum Gasteiger partial charge on any atom is -0.363 e. The maximum atomic E-state index is 15.2. The van der Waals surface area contributed by atoms with Crippen LogP contribution in [0.5, 0.6) is 0 Å². The summed E-state index contributed by atoms with van der Waals surface area (Å²) in [6.07, 6.45) is -4.83. The number of piperazine rings is 1. The van der Waals surface area contributed by atoms with Crippen LogP contribution < -0.4 is 21.5 Å². The van der Waals surface area contributed by atoms with Crippen molar-refractivity contribution in [1.82, 2.24) is 19.4 Å². The van der Waals surface area contributed by atoms with E-state index in [9.17, 15) is 37.8 Å². The Balaban J connectivity index is 1.54. The van der Waals surface area contributed by atoms with E-state index in [0.717, 1.165) is 32.9 Å². The zero-order valence-electron chi connectivity index (χ0n) is 31.4. The lowest BCUT2D eigenvalue weighted by Crippen LogP contribution is -2.51. The molecule has 3 aromatic carbocycles. The van der Waals surface area contributed by atoms with Crippen molar-refractivity contribution in [3.05, 3.63) is 138 Å². The van der Waals surface area contributed by atoms with E-state index in [1.807, 2.05) is 0 Å². The molecular weight excluding hydrogens is 759 g/mol. The van der Waals surface area contributed by atoms with Gasteiger partial charge in [0.2, 0.25) is 0 Å². The number of non-ortho nitro benzene ring substituents is 1. The highest BCUT2D eigenvalue weighted by Crippen LogP contribution is 2.56. The van der Waals surface area contributed by atoms with Crippen molar-refractivity contribution in [2.75, 3.05) is 57.0 Å². The van der Waals surface area contributed by atoms with Gasteiger partial charge < -0.3 is 10.2 Å². The number of benzene rings is 3. The summed E-state index contributed by atoms with van der Waals surface area (Å²) in [4.78, 5) is 54.5. The van der Waals surface area contributed by atoms with Gasteiger partial charge >= 0.3 is 19.8 Å². The molecule has 5 rings (SSSR count). The lowest BCUT2D eigenvalue weighted by atomic mass is 10.1. The molecule has 0 bridgehead atoms. The first-order valence-electron chi connectivity index (χ1n) is 18.2. The van der Waals surface area contributed by atoms with Gasteiger partial charge in [0.05, 0.1) is 42.8 Å². The number of aromatic nitrogens is 2. The van der Waals surface area contributed by atoms with Gasteiger partial charge in [0.15, 0.2) is 6.16 Å². The number of anilines is 1. The van der Waals surface area contributed by atoms with Crippen molar-refractivity contribution >= 4 is 19.3 Å². The standard InChI is InChI=1S/C38H46F4N6O7P/c1-4-54-56(53,55-5-2)22-17-43-34(29-12-7-6-8-13-29)26-47-36(49)35(45-20-18-44(19-21-45)24-28-11-9-14-30(23-28)48(51)52)27(3)46(37(47)50)25-31-32(38(40,41)42)15-10-16-33(31)39/h6-16,23,34,43,53H,4-5,17-22,24-26H2,1-3H3/q+1/t34-/m0/s1. The van der Waals surface area contributed by atoms with Crippen LogP contribution >= 0.6 is 7.94 Å². The molecule has 56 heavy (non-hydrogen) atoms. The third-order valence-corrected chi connectivity index (χ3v) is 11.7. The fourth-order valence-corrected chi connectivity index (χ4v) is 8.45. The van der Waals surface area contributed by atoms with Crippen LogP contribution in [0.25, 0.3) is 0 Å². The number of halogens is 4. The fraction of sp³-hybridized carbons (Fsp3) is 0.421. The van der Waals surface area contributed by atoms with Gasteiger partial charge in [-0.15, -0.1) is 0 Å². The largest absolute Gasteiger partial charge is 0.416 e. The van der Waals surface area contributed by atoms with Crippen LogP contribution in [0.15, 0.2) is 82.4 Å². The molecule has 2 N–H and O–H groups in total. The lowest BCUT2D eigenvalue weighted by molar-refractivity contribution is -0.384. The second-order valence-corrected chi connectivity index (χ2v) is 15.5. The van der Waals surface area contributed by atoms with Gasteiger partial charge in [-0.25, -0.2) is 9.18 Å². The van der Waals surface area contributed by atoms with E-state index < -0.39 is 59.8 Å². The van der Waals surface area contributed by atoms with Crippen LogP contribution in [-0.4, -0.2) is 76.0 Å². The topological polar surface area (TPSA) is 144 Å². The highest BCUT2D eigenvalue weighted by atomic mass is 31.2. The van der Waals surface area contributed by atoms with Gasteiger partial charge in [0.1, 0.15) is 11.5 Å². The highest BCUT2D eigenvalue weighted by Gasteiger charge is 2.40. The van der Waals surface area contributed by atoms with E-state index in [0.29, 0.717) is 25.2 Å². The van der Waals surface area contributed by atoms with E-state index in [2.05, 4.69) is 10.2 Å². The number of nitro groups is 1. The normalized spacial score (nSPS) is 14.6. The molecule has 1 atom stereocenters. The number of nitro benzene ring substituents is 1. The Bertz CT molecular complexity index is 2090. The van der Waals surface area contributed by atoms with Crippen molar-refractivity contribution in [2.24, 2.45) is 0 Å². The number of nitrogens with one attached hydrogen (secondary N) is 1. The lowest BCUT2D eigenvalue weighted by Gasteiger charge is -2.37. The van der Waals surface area contributed by atoms with Gasteiger partial charge in [0, 0.05) is 62.7 Å². The van der Waals surface area contributed by atoms with Crippen molar-refractivity contribution in [2.45, 2.75) is 52.6 Å². The number of hydrogen-bond acceptors (Lipinski definition) is 10. The van der Waals surface area contributed by atoms with Crippen LogP contribution in [0.4, 0.5) is 28.9 Å². The molecule has 13 nitrogen and oxygen atoms in total. The van der Waals surface area contributed by atoms with Gasteiger partial charge in [-0.2, -0.15) is 27.1 Å². The molecule has 1 aliphatic rings. The van der Waals surface area contributed by atoms with Crippen molar-refractivity contribution in [1.29, 1.82) is 0 Å². The second kappa shape index (κ2) is 18.6. The number of hydrogen-bond donors (Lipinski definition) is 2. The third-order valence-electron chi connectivity index (χ3n) is 9.63. The van der Waals surface area contributed by atoms with Gasteiger partial charge in [0.25, 0.3) is 11.2 Å². The summed E-state index contributed by atoms with van der Waals surface area (Å²) < 4.78 is 70.8. The number of alkyl halides is 3. The van der Waals surface area contributed by atoms with E-state index in [4.69, 9.17) is 9.05 Å². The average molecular weight is 806 g/mol. The molecule has 0 unspecified atom stereocenters. The molecule has 18 heteroatoms. The first-order valence-corrected chi connectivity index (χ1v) is 20.0. The predicted molar refractivity (Wildman–Crippen MR) is 205 cm³/mol. The molecule has 1 aromatic heterocycles. The Morgan fingerprint density at radius 1 is 0.929 bits per heavy atom. The SMILES string of the molecule is CCO[P+](O)(CCN[C@@H](Cn1c(=O)c(N2CCN(Cc3cccc([N+](=O)[O-])c3)CC2)c(C)n(Cc2c(F)cccc2C(F)(F)F)c1=O)c1ccccc1)OCC. The summed E-state index contributed by atoms with van der Waals surface area (Å²) in [5, 5.41) is 14.6. The van der Waals surface area contributed by atoms with Crippen LogP contribution in [0.2, 0.25) is 0 Å². The maximum Gasteiger partial charge on any atom is 0.416 e. The fourth-order valence-electron chi connectivity index (χ4n) is 6.90. The predicted octanol–water partition coefficient (Wildman–Crippen LogP) is 5.91.